The summed E-state index contributed by atoms with van der Waals surface area (Å²) in [4.78, 5) is 0. The van der Waals surface area contributed by atoms with E-state index in [1.165, 1.54) is 51.5 Å². The van der Waals surface area contributed by atoms with Gasteiger partial charge in [0.25, 0.3) is 0 Å². The first-order chi connectivity index (χ1) is 6.88. The molecule has 2 fully saturated rings. The lowest BCUT2D eigenvalue weighted by atomic mass is 9.83. The molecule has 2 rings (SSSR count). The van der Waals surface area contributed by atoms with E-state index in [4.69, 9.17) is 4.74 Å². The summed E-state index contributed by atoms with van der Waals surface area (Å²) in [5.74, 6) is 0.969. The van der Waals surface area contributed by atoms with Crippen LogP contribution in [0.15, 0.2) is 0 Å². The Bertz CT molecular complexity index is 158. The summed E-state index contributed by atoms with van der Waals surface area (Å²) < 4.78 is 5.39. The molecule has 1 aliphatic carbocycles. The first kappa shape index (κ1) is 10.4. The fourth-order valence-electron chi connectivity index (χ4n) is 2.96. The predicted molar refractivity (Wildman–Crippen MR) is 58.4 cm³/mol. The molecule has 1 atom stereocenters. The van der Waals surface area contributed by atoms with Gasteiger partial charge in [-0.2, -0.15) is 0 Å². The fraction of sp³-hybridized carbons (Fsp3) is 1.00. The third kappa shape index (κ3) is 2.71. The van der Waals surface area contributed by atoms with Crippen molar-refractivity contribution in [3.8, 4) is 0 Å². The largest absolute Gasteiger partial charge is 0.381 e. The minimum atomic E-state index is 0.558. The number of ether oxygens (including phenoxy) is 1. The maximum atomic E-state index is 5.39. The lowest BCUT2D eigenvalue weighted by Crippen LogP contribution is -2.28. The number of nitrogens with one attached hydrogen (secondary N) is 1. The van der Waals surface area contributed by atoms with Crippen LogP contribution >= 0.6 is 0 Å². The Morgan fingerprint density at radius 1 is 1.14 bits per heavy atom. The molecule has 0 radical (unpaired) electrons. The average Bonchev–Trinajstić information content (AvgIpc) is 2.72. The summed E-state index contributed by atoms with van der Waals surface area (Å²) >= 11 is 0. The zero-order chi connectivity index (χ0) is 9.80. The molecule has 1 saturated carbocycles. The SMILES string of the molecule is COC1CCC(CC2CCCN2)CC1. The van der Waals surface area contributed by atoms with Crippen molar-refractivity contribution in [1.82, 2.24) is 5.32 Å². The second-order valence-corrected chi connectivity index (χ2v) is 4.91. The van der Waals surface area contributed by atoms with E-state index < -0.39 is 0 Å². The van der Waals surface area contributed by atoms with Gasteiger partial charge in [0.15, 0.2) is 0 Å². The lowest BCUT2D eigenvalue weighted by molar-refractivity contribution is 0.0542. The van der Waals surface area contributed by atoms with E-state index in [2.05, 4.69) is 5.32 Å². The third-order valence-electron chi connectivity index (χ3n) is 3.91. The molecule has 1 heterocycles. The molecule has 0 aromatic rings. The highest BCUT2D eigenvalue weighted by Gasteiger charge is 2.24. The van der Waals surface area contributed by atoms with Gasteiger partial charge in [0.05, 0.1) is 6.10 Å². The summed E-state index contributed by atoms with van der Waals surface area (Å²) in [6.45, 7) is 1.25. The Morgan fingerprint density at radius 3 is 2.50 bits per heavy atom. The highest BCUT2D eigenvalue weighted by molar-refractivity contribution is 4.80. The number of methoxy groups -OCH3 is 1. The fourth-order valence-corrected chi connectivity index (χ4v) is 2.96. The van der Waals surface area contributed by atoms with Crippen molar-refractivity contribution in [2.75, 3.05) is 13.7 Å². The van der Waals surface area contributed by atoms with Gasteiger partial charge in [0.1, 0.15) is 0 Å². The minimum Gasteiger partial charge on any atom is -0.381 e. The molecular weight excluding hydrogens is 174 g/mol. The Labute approximate surface area is 87.4 Å². The second kappa shape index (κ2) is 5.13. The van der Waals surface area contributed by atoms with E-state index in [-0.39, 0.29) is 0 Å². The standard InChI is InChI=1S/C12H23NO/c1-14-12-6-4-10(5-7-12)9-11-3-2-8-13-11/h10-13H,2-9H2,1H3. The molecular formula is C12H23NO. The van der Waals surface area contributed by atoms with E-state index in [0.717, 1.165) is 12.0 Å². The predicted octanol–water partition coefficient (Wildman–Crippen LogP) is 2.33. The van der Waals surface area contributed by atoms with Crippen molar-refractivity contribution >= 4 is 0 Å². The summed E-state index contributed by atoms with van der Waals surface area (Å²) in [5, 5.41) is 3.60. The molecule has 14 heavy (non-hydrogen) atoms. The van der Waals surface area contributed by atoms with Gasteiger partial charge in [0, 0.05) is 13.2 Å². The molecule has 0 bridgehead atoms. The van der Waals surface area contributed by atoms with E-state index >= 15 is 0 Å². The second-order valence-electron chi connectivity index (χ2n) is 4.91. The van der Waals surface area contributed by atoms with Gasteiger partial charge in [-0.05, 0) is 57.4 Å². The van der Waals surface area contributed by atoms with Crippen LogP contribution in [0.3, 0.4) is 0 Å². The van der Waals surface area contributed by atoms with Gasteiger partial charge in [-0.25, -0.2) is 0 Å². The molecule has 2 aliphatic rings. The summed E-state index contributed by atoms with van der Waals surface area (Å²) in [7, 11) is 1.85. The molecule has 2 heteroatoms. The van der Waals surface area contributed by atoms with Crippen LogP contribution in [0.25, 0.3) is 0 Å². The van der Waals surface area contributed by atoms with Gasteiger partial charge >= 0.3 is 0 Å². The Kier molecular flexibility index (Phi) is 3.82. The zero-order valence-electron chi connectivity index (χ0n) is 9.30. The molecule has 0 spiro atoms. The van der Waals surface area contributed by atoms with Crippen molar-refractivity contribution in [3.05, 3.63) is 0 Å². The molecule has 0 amide bonds. The van der Waals surface area contributed by atoms with Crippen LogP contribution < -0.4 is 5.32 Å². The van der Waals surface area contributed by atoms with E-state index in [9.17, 15) is 0 Å². The highest BCUT2D eigenvalue weighted by atomic mass is 16.5. The van der Waals surface area contributed by atoms with Crippen molar-refractivity contribution in [2.24, 2.45) is 5.92 Å². The Balaban J connectivity index is 1.67. The average molecular weight is 197 g/mol. The quantitative estimate of drug-likeness (QED) is 0.750. The monoisotopic (exact) mass is 197 g/mol. The number of hydrogen-bond donors (Lipinski definition) is 1. The molecule has 1 unspecified atom stereocenters. The van der Waals surface area contributed by atoms with Crippen molar-refractivity contribution in [3.63, 3.8) is 0 Å². The van der Waals surface area contributed by atoms with Crippen molar-refractivity contribution < 1.29 is 4.74 Å². The van der Waals surface area contributed by atoms with Crippen LogP contribution in [0.4, 0.5) is 0 Å². The van der Waals surface area contributed by atoms with Gasteiger partial charge in [-0.3, -0.25) is 0 Å². The molecule has 1 aliphatic heterocycles. The first-order valence-electron chi connectivity index (χ1n) is 6.14. The van der Waals surface area contributed by atoms with Crippen LogP contribution in [0.2, 0.25) is 0 Å². The maximum absolute atomic E-state index is 5.39. The maximum Gasteiger partial charge on any atom is 0.0571 e. The Morgan fingerprint density at radius 2 is 1.93 bits per heavy atom. The van der Waals surface area contributed by atoms with Crippen LogP contribution in [0.5, 0.6) is 0 Å². The van der Waals surface area contributed by atoms with Gasteiger partial charge < -0.3 is 10.1 Å². The Hall–Kier alpha value is -0.0800. The summed E-state index contributed by atoms with van der Waals surface area (Å²) in [6, 6.07) is 0.832. The van der Waals surface area contributed by atoms with Crippen LogP contribution in [0.1, 0.15) is 44.9 Å². The van der Waals surface area contributed by atoms with Gasteiger partial charge in [-0.15, -0.1) is 0 Å². The topological polar surface area (TPSA) is 21.3 Å². The molecule has 0 aromatic carbocycles. The van der Waals surface area contributed by atoms with Gasteiger partial charge in [-0.1, -0.05) is 0 Å². The van der Waals surface area contributed by atoms with E-state index in [1.807, 2.05) is 7.11 Å². The zero-order valence-corrected chi connectivity index (χ0v) is 9.30. The molecule has 82 valence electrons. The van der Waals surface area contributed by atoms with Gasteiger partial charge in [0.2, 0.25) is 0 Å². The number of hydrogen-bond acceptors (Lipinski definition) is 2. The smallest absolute Gasteiger partial charge is 0.0571 e. The van der Waals surface area contributed by atoms with Crippen molar-refractivity contribution in [2.45, 2.75) is 57.1 Å². The minimum absolute atomic E-state index is 0.558. The first-order valence-corrected chi connectivity index (χ1v) is 6.14. The molecule has 1 N–H and O–H groups in total. The van der Waals surface area contributed by atoms with E-state index in [1.54, 1.807) is 0 Å². The normalized spacial score (nSPS) is 38.8. The summed E-state index contributed by atoms with van der Waals surface area (Å²) in [5.41, 5.74) is 0. The van der Waals surface area contributed by atoms with E-state index in [0.29, 0.717) is 6.10 Å². The lowest BCUT2D eigenvalue weighted by Gasteiger charge is -2.29. The molecule has 0 aromatic heterocycles. The molecule has 1 saturated heterocycles. The highest BCUT2D eigenvalue weighted by Crippen LogP contribution is 2.30. The third-order valence-corrected chi connectivity index (χ3v) is 3.91. The summed E-state index contributed by atoms with van der Waals surface area (Å²) in [6.07, 6.45) is 10.1. The van der Waals surface area contributed by atoms with Crippen LogP contribution in [-0.2, 0) is 4.74 Å². The van der Waals surface area contributed by atoms with Crippen molar-refractivity contribution in [1.29, 1.82) is 0 Å². The number of rotatable bonds is 3. The van der Waals surface area contributed by atoms with Crippen LogP contribution in [0, 0.1) is 5.92 Å². The van der Waals surface area contributed by atoms with Crippen LogP contribution in [-0.4, -0.2) is 25.8 Å². The molecule has 2 nitrogen and oxygen atoms in total.